The molecule has 3 heterocycles. The Morgan fingerprint density at radius 2 is 1.91 bits per heavy atom. The van der Waals surface area contributed by atoms with Crippen LogP contribution in [-0.2, 0) is 4.79 Å². The van der Waals surface area contributed by atoms with E-state index in [0.29, 0.717) is 15.4 Å². The number of thiazole rings is 1. The number of amides is 1. The Bertz CT molecular complexity index is 1440. The smallest absolute Gasteiger partial charge is 0.296 e. The fraction of sp³-hybridized carbons (Fsp3) is 0.0870. The topological polar surface area (TPSA) is 70.5 Å². The normalized spacial score (nSPS) is 16.4. The van der Waals surface area contributed by atoms with Gasteiger partial charge in [0.05, 0.1) is 20.2 Å². The first kappa shape index (κ1) is 20.8. The van der Waals surface area contributed by atoms with E-state index in [1.165, 1.54) is 45.8 Å². The zero-order valence-electron chi connectivity index (χ0n) is 16.5. The molecule has 0 spiro atoms. The number of nitrogens with zero attached hydrogens (tertiary/aromatic N) is 2. The van der Waals surface area contributed by atoms with E-state index in [9.17, 15) is 19.1 Å². The molecule has 0 fully saturated rings. The van der Waals surface area contributed by atoms with Gasteiger partial charge in [0.25, 0.3) is 5.91 Å². The molecule has 1 aliphatic heterocycles. The van der Waals surface area contributed by atoms with Gasteiger partial charge in [-0.25, -0.2) is 9.37 Å². The maximum atomic E-state index is 14.9. The van der Waals surface area contributed by atoms with Crippen LogP contribution in [0.25, 0.3) is 10.2 Å². The van der Waals surface area contributed by atoms with Crippen molar-refractivity contribution in [2.75, 3.05) is 4.90 Å². The average Bonchev–Trinajstić information content (AvgIpc) is 3.46. The lowest BCUT2D eigenvalue weighted by molar-refractivity contribution is -0.117. The number of Topliss-reactive ketones (excluding diaryl/α,β-unsaturated/α-hetero) is 1. The van der Waals surface area contributed by atoms with Crippen molar-refractivity contribution in [2.45, 2.75) is 13.0 Å². The van der Waals surface area contributed by atoms with Gasteiger partial charge < -0.3 is 5.11 Å². The van der Waals surface area contributed by atoms with Crippen molar-refractivity contribution in [3.8, 4) is 0 Å². The van der Waals surface area contributed by atoms with E-state index in [0.717, 1.165) is 9.58 Å². The van der Waals surface area contributed by atoms with Crippen LogP contribution in [0.2, 0.25) is 5.02 Å². The predicted octanol–water partition coefficient (Wildman–Crippen LogP) is 6.24. The molecular weight excluding hydrogens is 471 g/mol. The van der Waals surface area contributed by atoms with Crippen LogP contribution in [0, 0.1) is 12.7 Å². The monoisotopic (exact) mass is 484 g/mol. The van der Waals surface area contributed by atoms with Crippen molar-refractivity contribution in [3.05, 3.63) is 92.1 Å². The average molecular weight is 485 g/mol. The Hall–Kier alpha value is -3.07. The van der Waals surface area contributed by atoms with Gasteiger partial charge in [0, 0.05) is 10.4 Å². The summed E-state index contributed by atoms with van der Waals surface area (Å²) < 4.78 is 15.6. The van der Waals surface area contributed by atoms with Crippen LogP contribution in [0.3, 0.4) is 0 Å². The summed E-state index contributed by atoms with van der Waals surface area (Å²) >= 11 is 8.66. The number of para-hydroxylation sites is 1. The molecule has 1 amide bonds. The van der Waals surface area contributed by atoms with Gasteiger partial charge in [-0.1, -0.05) is 47.2 Å². The molecule has 4 aromatic rings. The third kappa shape index (κ3) is 3.23. The Morgan fingerprint density at radius 1 is 1.12 bits per heavy atom. The minimum absolute atomic E-state index is 0.0897. The summed E-state index contributed by atoms with van der Waals surface area (Å²) in [6.07, 6.45) is 0. The number of aryl methyl sites for hydroxylation is 1. The third-order valence-corrected chi connectivity index (χ3v) is 7.51. The van der Waals surface area contributed by atoms with E-state index in [2.05, 4.69) is 4.98 Å². The number of aliphatic hydroxyl groups is 1. The molecule has 32 heavy (non-hydrogen) atoms. The number of ketones is 1. The van der Waals surface area contributed by atoms with Gasteiger partial charge in [-0.05, 0) is 37.3 Å². The van der Waals surface area contributed by atoms with E-state index in [-0.39, 0.29) is 16.3 Å². The highest BCUT2D eigenvalue weighted by Crippen LogP contribution is 2.45. The number of anilines is 1. The van der Waals surface area contributed by atoms with E-state index in [1.54, 1.807) is 36.4 Å². The largest absolute Gasteiger partial charge is 0.503 e. The minimum Gasteiger partial charge on any atom is -0.503 e. The third-order valence-electron chi connectivity index (χ3n) is 5.18. The zero-order chi connectivity index (χ0) is 22.6. The molecule has 0 aliphatic carbocycles. The SMILES string of the molecule is Cc1ccc(C(=O)C2=C(O)C(=O)N(c3nc4c(Cl)cccc4s3)C2c2ccccc2F)s1. The summed E-state index contributed by atoms with van der Waals surface area (Å²) in [6.45, 7) is 1.85. The van der Waals surface area contributed by atoms with Crippen molar-refractivity contribution in [3.63, 3.8) is 0 Å². The van der Waals surface area contributed by atoms with Gasteiger partial charge in [0.2, 0.25) is 5.78 Å². The molecular formula is C23H14ClFN2O3S2. The highest BCUT2D eigenvalue weighted by molar-refractivity contribution is 7.22. The molecule has 5 rings (SSSR count). The van der Waals surface area contributed by atoms with Crippen molar-refractivity contribution in [1.29, 1.82) is 0 Å². The second-order valence-electron chi connectivity index (χ2n) is 7.18. The fourth-order valence-electron chi connectivity index (χ4n) is 3.72. The van der Waals surface area contributed by atoms with Crippen LogP contribution in [0.15, 0.2) is 65.9 Å². The highest BCUT2D eigenvalue weighted by Gasteiger charge is 2.47. The lowest BCUT2D eigenvalue weighted by Gasteiger charge is -2.24. The molecule has 0 bridgehead atoms. The number of carbonyl (C=O) groups excluding carboxylic acids is 2. The van der Waals surface area contributed by atoms with Gasteiger partial charge in [-0.2, -0.15) is 0 Å². The molecule has 1 N–H and O–H groups in total. The van der Waals surface area contributed by atoms with E-state index in [4.69, 9.17) is 11.6 Å². The summed E-state index contributed by atoms with van der Waals surface area (Å²) in [7, 11) is 0. The number of hydrogen-bond donors (Lipinski definition) is 1. The molecule has 0 radical (unpaired) electrons. The molecule has 9 heteroatoms. The molecule has 5 nitrogen and oxygen atoms in total. The van der Waals surface area contributed by atoms with Crippen LogP contribution in [-0.4, -0.2) is 21.8 Å². The standard InChI is InChI=1S/C23H14ClFN2O3S2/c1-11-9-10-16(31-11)20(28)17-19(12-5-2-3-7-14(12)25)27(22(30)21(17)29)23-26-18-13(24)6-4-8-15(18)32-23/h2-10,19,29H,1H3. The number of fused-ring (bicyclic) bond motifs is 1. The van der Waals surface area contributed by atoms with Crippen molar-refractivity contribution in [2.24, 2.45) is 0 Å². The summed E-state index contributed by atoms with van der Waals surface area (Å²) in [5.41, 5.74) is 0.404. The first-order valence-electron chi connectivity index (χ1n) is 9.54. The molecule has 2 aromatic carbocycles. The van der Waals surface area contributed by atoms with Crippen LogP contribution in [0.1, 0.15) is 26.2 Å². The summed E-state index contributed by atoms with van der Waals surface area (Å²) in [5.74, 6) is -2.65. The van der Waals surface area contributed by atoms with Crippen LogP contribution >= 0.6 is 34.3 Å². The Morgan fingerprint density at radius 3 is 2.59 bits per heavy atom. The lowest BCUT2D eigenvalue weighted by Crippen LogP contribution is -2.31. The number of benzene rings is 2. The molecule has 0 saturated heterocycles. The molecule has 2 aromatic heterocycles. The van der Waals surface area contributed by atoms with E-state index >= 15 is 0 Å². The van der Waals surface area contributed by atoms with Crippen molar-refractivity contribution >= 4 is 61.3 Å². The first-order chi connectivity index (χ1) is 15.4. The number of thiophene rings is 1. The highest BCUT2D eigenvalue weighted by atomic mass is 35.5. The van der Waals surface area contributed by atoms with Crippen molar-refractivity contribution in [1.82, 2.24) is 4.98 Å². The Balaban J connectivity index is 1.71. The summed E-state index contributed by atoms with van der Waals surface area (Å²) in [4.78, 5) is 33.5. The maximum Gasteiger partial charge on any atom is 0.296 e. The predicted molar refractivity (Wildman–Crippen MR) is 124 cm³/mol. The van der Waals surface area contributed by atoms with Gasteiger partial charge >= 0.3 is 0 Å². The molecule has 1 atom stereocenters. The van der Waals surface area contributed by atoms with E-state index in [1.807, 2.05) is 6.92 Å². The zero-order valence-corrected chi connectivity index (χ0v) is 18.9. The quantitative estimate of drug-likeness (QED) is 0.348. The van der Waals surface area contributed by atoms with Crippen molar-refractivity contribution < 1.29 is 19.1 Å². The fourth-order valence-corrected chi connectivity index (χ4v) is 5.83. The first-order valence-corrected chi connectivity index (χ1v) is 11.5. The van der Waals surface area contributed by atoms with Gasteiger partial charge in [-0.3, -0.25) is 14.5 Å². The van der Waals surface area contributed by atoms with Crippen LogP contribution in [0.4, 0.5) is 9.52 Å². The van der Waals surface area contributed by atoms with Crippen LogP contribution in [0.5, 0.6) is 0 Å². The Kier molecular flexibility index (Phi) is 5.08. The van der Waals surface area contributed by atoms with Crippen LogP contribution < -0.4 is 4.90 Å². The number of aliphatic hydroxyl groups excluding tert-OH is 1. The number of aromatic nitrogens is 1. The Labute approximate surface area is 195 Å². The molecule has 1 aliphatic rings. The number of halogens is 2. The number of hydrogen-bond acceptors (Lipinski definition) is 6. The molecule has 1 unspecified atom stereocenters. The summed E-state index contributed by atoms with van der Waals surface area (Å²) in [5, 5.41) is 11.4. The van der Waals surface area contributed by atoms with Gasteiger partial charge in [0.1, 0.15) is 17.4 Å². The minimum atomic E-state index is -1.17. The number of carbonyl (C=O) groups is 2. The lowest BCUT2D eigenvalue weighted by atomic mass is 9.95. The molecule has 0 saturated carbocycles. The molecule has 160 valence electrons. The van der Waals surface area contributed by atoms with E-state index < -0.39 is 29.3 Å². The van der Waals surface area contributed by atoms with Gasteiger partial charge in [0.15, 0.2) is 10.9 Å². The maximum absolute atomic E-state index is 14.9. The second-order valence-corrected chi connectivity index (χ2v) is 9.89. The van der Waals surface area contributed by atoms with Gasteiger partial charge in [-0.15, -0.1) is 11.3 Å². The second kappa shape index (κ2) is 7.81. The summed E-state index contributed by atoms with van der Waals surface area (Å²) in [6, 6.07) is 13.4. The number of rotatable bonds is 4.